The average molecular weight is 385 g/mol. The number of nitrogens with zero attached hydrogens (tertiary/aromatic N) is 2. The zero-order chi connectivity index (χ0) is 19.4. The van der Waals surface area contributed by atoms with E-state index in [1.807, 2.05) is 0 Å². The Balaban J connectivity index is 2.75. The fourth-order valence-corrected chi connectivity index (χ4v) is 2.70. The molecule has 2 rings (SSSR count). The monoisotopic (exact) mass is 384 g/mol. The van der Waals surface area contributed by atoms with Crippen molar-refractivity contribution < 1.29 is 18.7 Å². The number of benzene rings is 1. The quantitative estimate of drug-likeness (QED) is 0.713. The highest BCUT2D eigenvalue weighted by atomic mass is 35.5. The molecule has 140 valence electrons. The summed E-state index contributed by atoms with van der Waals surface area (Å²) in [5, 5.41) is -0.242. The lowest BCUT2D eigenvalue weighted by molar-refractivity contribution is -0.144. The standard InChI is InChI=1S/C17H18ClFN2O5/c1-10(8-25-3)21-16(23)13(12-5-4-6-14(19)15(12)18)7-20(17(21)24)9-26-11(2)22/h4-7,10H,8-9H2,1-3H3. The van der Waals surface area contributed by atoms with Crippen LogP contribution in [0.25, 0.3) is 11.1 Å². The van der Waals surface area contributed by atoms with E-state index in [4.69, 9.17) is 21.1 Å². The van der Waals surface area contributed by atoms with E-state index < -0.39 is 35.8 Å². The minimum atomic E-state index is -0.696. The molecule has 1 aromatic heterocycles. The Kier molecular flexibility index (Phi) is 6.33. The number of aromatic nitrogens is 2. The van der Waals surface area contributed by atoms with Crippen LogP contribution in [0.1, 0.15) is 19.9 Å². The molecule has 0 radical (unpaired) electrons. The van der Waals surface area contributed by atoms with Gasteiger partial charge in [0.2, 0.25) is 0 Å². The minimum Gasteiger partial charge on any atom is -0.444 e. The van der Waals surface area contributed by atoms with E-state index >= 15 is 0 Å². The van der Waals surface area contributed by atoms with E-state index in [0.717, 1.165) is 15.2 Å². The van der Waals surface area contributed by atoms with Crippen molar-refractivity contribution in [1.29, 1.82) is 0 Å². The van der Waals surface area contributed by atoms with Crippen LogP contribution in [0.4, 0.5) is 4.39 Å². The summed E-state index contributed by atoms with van der Waals surface area (Å²) in [6.45, 7) is 2.52. The molecule has 0 spiro atoms. The number of methoxy groups -OCH3 is 1. The van der Waals surface area contributed by atoms with Gasteiger partial charge in [-0.3, -0.25) is 18.7 Å². The molecule has 0 bridgehead atoms. The largest absolute Gasteiger partial charge is 0.444 e. The van der Waals surface area contributed by atoms with E-state index in [2.05, 4.69) is 0 Å². The first kappa shape index (κ1) is 19.9. The van der Waals surface area contributed by atoms with Gasteiger partial charge in [-0.2, -0.15) is 0 Å². The molecular formula is C17H18ClFN2O5. The van der Waals surface area contributed by atoms with Crippen molar-refractivity contribution in [3.63, 3.8) is 0 Å². The van der Waals surface area contributed by atoms with E-state index in [1.165, 1.54) is 32.4 Å². The summed E-state index contributed by atoms with van der Waals surface area (Å²) in [6, 6.07) is 3.43. The van der Waals surface area contributed by atoms with Crippen LogP contribution in [0.5, 0.6) is 0 Å². The van der Waals surface area contributed by atoms with Gasteiger partial charge in [0, 0.05) is 25.8 Å². The van der Waals surface area contributed by atoms with Crippen molar-refractivity contribution in [2.75, 3.05) is 13.7 Å². The second-order valence-corrected chi connectivity index (χ2v) is 6.02. The van der Waals surface area contributed by atoms with Gasteiger partial charge in [0.1, 0.15) is 5.82 Å². The zero-order valence-electron chi connectivity index (χ0n) is 14.5. The number of ether oxygens (including phenoxy) is 2. The van der Waals surface area contributed by atoms with Crippen LogP contribution in [0.3, 0.4) is 0 Å². The third kappa shape index (κ3) is 4.03. The fourth-order valence-electron chi connectivity index (χ4n) is 2.48. The zero-order valence-corrected chi connectivity index (χ0v) is 15.2. The molecule has 0 amide bonds. The molecule has 2 aromatic rings. The van der Waals surface area contributed by atoms with Crippen molar-refractivity contribution in [1.82, 2.24) is 9.13 Å². The number of carbonyl (C=O) groups is 1. The van der Waals surface area contributed by atoms with Gasteiger partial charge < -0.3 is 9.47 Å². The van der Waals surface area contributed by atoms with Gasteiger partial charge in [0.05, 0.1) is 23.2 Å². The molecule has 1 unspecified atom stereocenters. The highest BCUT2D eigenvalue weighted by Crippen LogP contribution is 2.27. The molecule has 1 heterocycles. The Hall–Kier alpha value is -2.45. The second-order valence-electron chi connectivity index (χ2n) is 5.64. The molecule has 0 fully saturated rings. The van der Waals surface area contributed by atoms with Gasteiger partial charge in [-0.15, -0.1) is 0 Å². The number of hydrogen-bond acceptors (Lipinski definition) is 5. The lowest BCUT2D eigenvalue weighted by atomic mass is 10.1. The SMILES string of the molecule is COCC(C)n1c(=O)c(-c2cccc(F)c2Cl)cn(COC(C)=O)c1=O. The van der Waals surface area contributed by atoms with Crippen LogP contribution in [-0.4, -0.2) is 28.8 Å². The Morgan fingerprint density at radius 2 is 2.00 bits per heavy atom. The molecular weight excluding hydrogens is 367 g/mol. The predicted octanol–water partition coefficient (Wildman–Crippen LogP) is 2.20. The van der Waals surface area contributed by atoms with Crippen LogP contribution in [0.15, 0.2) is 34.0 Å². The normalized spacial score (nSPS) is 12.0. The molecule has 0 aliphatic rings. The van der Waals surface area contributed by atoms with Crippen molar-refractivity contribution >= 4 is 17.6 Å². The lowest BCUT2D eigenvalue weighted by Gasteiger charge is -2.18. The molecule has 9 heteroatoms. The van der Waals surface area contributed by atoms with Gasteiger partial charge in [0.15, 0.2) is 6.73 Å². The third-order valence-electron chi connectivity index (χ3n) is 3.68. The van der Waals surface area contributed by atoms with E-state index in [9.17, 15) is 18.8 Å². The molecule has 1 atom stereocenters. The summed E-state index contributed by atoms with van der Waals surface area (Å²) in [5.74, 6) is -1.29. The molecule has 0 aliphatic heterocycles. The summed E-state index contributed by atoms with van der Waals surface area (Å²) in [4.78, 5) is 36.6. The summed E-state index contributed by atoms with van der Waals surface area (Å²) in [7, 11) is 1.44. The molecule has 0 aliphatic carbocycles. The third-order valence-corrected chi connectivity index (χ3v) is 4.07. The highest BCUT2D eigenvalue weighted by molar-refractivity contribution is 6.33. The maximum absolute atomic E-state index is 13.8. The average Bonchev–Trinajstić information content (AvgIpc) is 2.57. The van der Waals surface area contributed by atoms with Crippen molar-refractivity contribution in [2.45, 2.75) is 26.6 Å². The lowest BCUT2D eigenvalue weighted by Crippen LogP contribution is -2.43. The van der Waals surface area contributed by atoms with Crippen LogP contribution >= 0.6 is 11.6 Å². The Labute approximate surface area is 153 Å². The van der Waals surface area contributed by atoms with Crippen LogP contribution in [0, 0.1) is 5.82 Å². The Morgan fingerprint density at radius 1 is 1.31 bits per heavy atom. The van der Waals surface area contributed by atoms with E-state index in [-0.39, 0.29) is 22.8 Å². The van der Waals surface area contributed by atoms with Crippen molar-refractivity contribution in [2.24, 2.45) is 0 Å². The highest BCUT2D eigenvalue weighted by Gasteiger charge is 2.20. The summed E-state index contributed by atoms with van der Waals surface area (Å²) >= 11 is 5.99. The number of halogens is 2. The van der Waals surface area contributed by atoms with Gasteiger partial charge in [-0.25, -0.2) is 9.18 Å². The van der Waals surface area contributed by atoms with Gasteiger partial charge in [-0.05, 0) is 13.0 Å². The number of rotatable bonds is 6. The predicted molar refractivity (Wildman–Crippen MR) is 93.7 cm³/mol. The Bertz CT molecular complexity index is 938. The first-order valence-corrected chi connectivity index (χ1v) is 8.08. The smallest absolute Gasteiger partial charge is 0.334 e. The summed E-state index contributed by atoms with van der Waals surface area (Å²) in [6.07, 6.45) is 1.20. The van der Waals surface area contributed by atoms with Gasteiger partial charge >= 0.3 is 11.7 Å². The topological polar surface area (TPSA) is 79.5 Å². The molecule has 0 saturated heterocycles. The number of hydrogen-bond donors (Lipinski definition) is 0. The maximum atomic E-state index is 13.8. The second kappa shape index (κ2) is 8.29. The van der Waals surface area contributed by atoms with E-state index in [0.29, 0.717) is 0 Å². The minimum absolute atomic E-state index is 0.00389. The van der Waals surface area contributed by atoms with Gasteiger partial charge in [-0.1, -0.05) is 23.7 Å². The summed E-state index contributed by atoms with van der Waals surface area (Å²) < 4.78 is 25.7. The van der Waals surface area contributed by atoms with E-state index in [1.54, 1.807) is 6.92 Å². The van der Waals surface area contributed by atoms with Crippen LogP contribution in [-0.2, 0) is 21.0 Å². The molecule has 0 N–H and O–H groups in total. The number of carbonyl (C=O) groups excluding carboxylic acids is 1. The Morgan fingerprint density at radius 3 is 2.62 bits per heavy atom. The van der Waals surface area contributed by atoms with Crippen molar-refractivity contribution in [3.05, 3.63) is 56.1 Å². The number of esters is 1. The van der Waals surface area contributed by atoms with Gasteiger partial charge in [0.25, 0.3) is 5.56 Å². The molecule has 0 saturated carbocycles. The fraction of sp³-hybridized carbons (Fsp3) is 0.353. The first-order valence-electron chi connectivity index (χ1n) is 7.70. The first-order chi connectivity index (χ1) is 12.3. The maximum Gasteiger partial charge on any atom is 0.334 e. The summed E-state index contributed by atoms with van der Waals surface area (Å²) in [5.41, 5.74) is -1.20. The van der Waals surface area contributed by atoms with Crippen LogP contribution in [0.2, 0.25) is 5.02 Å². The molecule has 1 aromatic carbocycles. The van der Waals surface area contributed by atoms with Crippen LogP contribution < -0.4 is 11.2 Å². The molecule has 26 heavy (non-hydrogen) atoms. The van der Waals surface area contributed by atoms with Crippen molar-refractivity contribution in [3.8, 4) is 11.1 Å². The molecule has 7 nitrogen and oxygen atoms in total.